The number of benzene rings is 3. The first kappa shape index (κ1) is 33.0. The molecule has 0 bridgehead atoms. The van der Waals surface area contributed by atoms with Crippen molar-refractivity contribution < 1.29 is 41.0 Å². The van der Waals surface area contributed by atoms with Gasteiger partial charge in [0, 0.05) is 29.6 Å². The molecule has 10 nitrogen and oxygen atoms in total. The fraction of sp³-hybridized carbons (Fsp3) is 0.219. The first-order valence-electron chi connectivity index (χ1n) is 13.9. The molecule has 1 aliphatic heterocycles. The third-order valence-electron chi connectivity index (χ3n) is 6.88. The van der Waals surface area contributed by atoms with Crippen LogP contribution in [-0.2, 0) is 10.0 Å². The van der Waals surface area contributed by atoms with Crippen molar-refractivity contribution in [1.82, 2.24) is 9.29 Å². The molecule has 0 aliphatic carbocycles. The number of carboxylic acids is 1. The molecule has 0 saturated carbocycles. The van der Waals surface area contributed by atoms with Crippen molar-refractivity contribution in [1.29, 1.82) is 0 Å². The second-order valence-electron chi connectivity index (χ2n) is 9.82. The Morgan fingerprint density at radius 2 is 1.60 bits per heavy atom. The Hall–Kier alpha value is -4.88. The summed E-state index contributed by atoms with van der Waals surface area (Å²) in [6.07, 6.45) is 5.53. The molecule has 6 rings (SSSR count). The number of rotatable bonds is 7. The number of aromatic nitrogens is 1. The maximum Gasteiger partial charge on any atom is 0.387 e. The standard InChI is InChI=1S/C15H12F2N2O.C12H17NO3S.C5H4O3/c16-15(17)20-10-7-5-9(6-8-10)13-11-3-1-2-4-12(11)19-14(13)18;1-16-11-5-7-12(8-6-11)17(14,15)13-9-3-2-4-10-13;6-5(7)4-1-2-8-3-4/h1-8,15,19H,18H2;5-8H,2-4,9-10H2,1H3;1-3H,(H,6,7). The van der Waals surface area contributed by atoms with E-state index in [-0.39, 0.29) is 11.3 Å². The highest BCUT2D eigenvalue weighted by Gasteiger charge is 2.25. The highest BCUT2D eigenvalue weighted by Crippen LogP contribution is 2.35. The van der Waals surface area contributed by atoms with Gasteiger partial charge in [0.2, 0.25) is 10.0 Å². The molecule has 1 fully saturated rings. The second-order valence-corrected chi connectivity index (χ2v) is 11.8. The van der Waals surface area contributed by atoms with E-state index in [2.05, 4.69) is 14.1 Å². The van der Waals surface area contributed by atoms with Gasteiger partial charge in [-0.25, -0.2) is 13.2 Å². The number of hydrogen-bond acceptors (Lipinski definition) is 7. The van der Waals surface area contributed by atoms with Crippen LogP contribution in [0, 0.1) is 0 Å². The topological polar surface area (TPSA) is 148 Å². The van der Waals surface area contributed by atoms with Crippen LogP contribution in [0.15, 0.2) is 101 Å². The number of aromatic carboxylic acids is 1. The summed E-state index contributed by atoms with van der Waals surface area (Å²) in [4.78, 5) is 13.4. The Morgan fingerprint density at radius 3 is 2.16 bits per heavy atom. The quantitative estimate of drug-likeness (QED) is 0.174. The zero-order valence-corrected chi connectivity index (χ0v) is 25.2. The van der Waals surface area contributed by atoms with Gasteiger partial charge in [-0.05, 0) is 66.9 Å². The number of aromatic amines is 1. The predicted octanol–water partition coefficient (Wildman–Crippen LogP) is 6.87. The number of nitrogens with one attached hydrogen (secondary N) is 1. The SMILES string of the molecule is COc1ccc(S(=O)(=O)N2CCCCC2)cc1.Nc1[nH]c2ccccc2c1-c1ccc(OC(F)F)cc1.O=C(O)c1ccoc1. The Kier molecular flexibility index (Phi) is 11.2. The normalized spacial score (nSPS) is 13.3. The highest BCUT2D eigenvalue weighted by atomic mass is 32.2. The number of hydrogen-bond donors (Lipinski definition) is 3. The van der Waals surface area contributed by atoms with Crippen molar-refractivity contribution in [2.24, 2.45) is 0 Å². The van der Waals surface area contributed by atoms with Gasteiger partial charge in [-0.1, -0.05) is 36.8 Å². The summed E-state index contributed by atoms with van der Waals surface area (Å²) in [6, 6.07) is 22.1. The number of piperidine rings is 1. The highest BCUT2D eigenvalue weighted by molar-refractivity contribution is 7.89. The number of methoxy groups -OCH3 is 1. The van der Waals surface area contributed by atoms with Crippen LogP contribution >= 0.6 is 0 Å². The molecule has 238 valence electrons. The Balaban J connectivity index is 0.000000167. The van der Waals surface area contributed by atoms with Crippen molar-refractivity contribution in [3.8, 4) is 22.6 Å². The van der Waals surface area contributed by atoms with Crippen molar-refractivity contribution in [2.75, 3.05) is 25.9 Å². The summed E-state index contributed by atoms with van der Waals surface area (Å²) in [5, 5.41) is 9.21. The number of carbonyl (C=O) groups is 1. The molecule has 3 aromatic carbocycles. The molecule has 0 unspecified atom stereocenters. The van der Waals surface area contributed by atoms with Crippen LogP contribution in [0.25, 0.3) is 22.0 Å². The lowest BCUT2D eigenvalue weighted by Crippen LogP contribution is -2.35. The number of carboxylic acid groups (broad SMARTS) is 1. The van der Waals surface area contributed by atoms with Gasteiger partial charge in [-0.2, -0.15) is 13.1 Å². The number of nitrogens with two attached hydrogens (primary N) is 1. The third kappa shape index (κ3) is 8.61. The van der Waals surface area contributed by atoms with Gasteiger partial charge in [-0.3, -0.25) is 0 Å². The third-order valence-corrected chi connectivity index (χ3v) is 8.80. The molecule has 4 N–H and O–H groups in total. The monoisotopic (exact) mass is 641 g/mol. The van der Waals surface area contributed by atoms with Gasteiger partial charge in [0.25, 0.3) is 0 Å². The zero-order valence-electron chi connectivity index (χ0n) is 24.4. The lowest BCUT2D eigenvalue weighted by molar-refractivity contribution is -0.0498. The fourth-order valence-corrected chi connectivity index (χ4v) is 6.18. The minimum absolute atomic E-state index is 0.127. The van der Waals surface area contributed by atoms with Gasteiger partial charge in [0.1, 0.15) is 23.6 Å². The van der Waals surface area contributed by atoms with Crippen LogP contribution in [0.5, 0.6) is 11.5 Å². The summed E-state index contributed by atoms with van der Waals surface area (Å²) < 4.78 is 64.2. The van der Waals surface area contributed by atoms with E-state index in [0.29, 0.717) is 29.6 Å². The number of alkyl halides is 2. The van der Waals surface area contributed by atoms with Crippen LogP contribution in [-0.4, -0.2) is 55.6 Å². The minimum Gasteiger partial charge on any atom is -0.497 e. The summed E-state index contributed by atoms with van der Waals surface area (Å²) in [5.74, 6) is 0.386. The number of anilines is 1. The molecule has 0 spiro atoms. The predicted molar refractivity (Wildman–Crippen MR) is 166 cm³/mol. The first-order valence-corrected chi connectivity index (χ1v) is 15.3. The van der Waals surface area contributed by atoms with Crippen molar-refractivity contribution in [3.05, 3.63) is 97.0 Å². The number of nitrogens with zero attached hydrogens (tertiary/aromatic N) is 1. The number of nitrogen functional groups attached to an aromatic ring is 1. The largest absolute Gasteiger partial charge is 0.497 e. The summed E-state index contributed by atoms with van der Waals surface area (Å²) in [7, 11) is -1.75. The molecule has 0 radical (unpaired) electrons. The smallest absolute Gasteiger partial charge is 0.387 e. The van der Waals surface area contributed by atoms with E-state index in [4.69, 9.17) is 15.6 Å². The van der Waals surface area contributed by atoms with E-state index in [1.807, 2.05) is 24.3 Å². The summed E-state index contributed by atoms with van der Waals surface area (Å²) in [5.41, 5.74) is 8.83. The lowest BCUT2D eigenvalue weighted by atomic mass is 10.0. The molecule has 1 saturated heterocycles. The van der Waals surface area contributed by atoms with Crippen LogP contribution in [0.1, 0.15) is 29.6 Å². The fourth-order valence-electron chi connectivity index (χ4n) is 4.67. The lowest BCUT2D eigenvalue weighted by Gasteiger charge is -2.25. The molecular weight excluding hydrogens is 608 g/mol. The van der Waals surface area contributed by atoms with Crippen molar-refractivity contribution >= 4 is 32.7 Å². The van der Waals surface area contributed by atoms with Crippen molar-refractivity contribution in [2.45, 2.75) is 30.8 Å². The number of ether oxygens (including phenoxy) is 2. The molecule has 13 heteroatoms. The Bertz CT molecular complexity index is 1770. The molecule has 5 aromatic rings. The molecule has 0 amide bonds. The van der Waals surface area contributed by atoms with E-state index in [9.17, 15) is 22.0 Å². The van der Waals surface area contributed by atoms with E-state index in [0.717, 1.165) is 41.3 Å². The number of halogens is 2. The molecule has 45 heavy (non-hydrogen) atoms. The molecule has 2 aromatic heterocycles. The maximum absolute atomic E-state index is 12.3. The Labute approximate surface area is 259 Å². The van der Waals surface area contributed by atoms with Crippen LogP contribution in [0.3, 0.4) is 0 Å². The Morgan fingerprint density at radius 1 is 0.956 bits per heavy atom. The average molecular weight is 642 g/mol. The minimum atomic E-state index is -3.31. The molecular formula is C32H33F2N3O7S. The van der Waals surface area contributed by atoms with Crippen molar-refractivity contribution in [3.63, 3.8) is 0 Å². The number of H-pyrrole nitrogens is 1. The van der Waals surface area contributed by atoms with E-state index >= 15 is 0 Å². The van der Waals surface area contributed by atoms with Crippen LogP contribution in [0.2, 0.25) is 0 Å². The molecule has 1 aliphatic rings. The van der Waals surface area contributed by atoms with E-state index in [1.165, 1.54) is 30.7 Å². The summed E-state index contributed by atoms with van der Waals surface area (Å²) in [6.45, 7) is -1.55. The number of furan rings is 1. The van der Waals surface area contributed by atoms with Crippen LogP contribution in [0.4, 0.5) is 14.6 Å². The number of fused-ring (bicyclic) bond motifs is 1. The molecule has 0 atom stereocenters. The first-order chi connectivity index (χ1) is 21.6. The summed E-state index contributed by atoms with van der Waals surface area (Å²) >= 11 is 0. The van der Waals surface area contributed by atoms with Gasteiger partial charge in [0.05, 0.1) is 23.8 Å². The van der Waals surface area contributed by atoms with Gasteiger partial charge < -0.3 is 29.7 Å². The second kappa shape index (κ2) is 15.2. The zero-order chi connectivity index (χ0) is 32.4. The van der Waals surface area contributed by atoms with E-state index < -0.39 is 22.6 Å². The number of sulfonamides is 1. The van der Waals surface area contributed by atoms with E-state index in [1.54, 1.807) is 47.8 Å². The van der Waals surface area contributed by atoms with Gasteiger partial charge in [-0.15, -0.1) is 0 Å². The molecule has 3 heterocycles. The number of para-hydroxylation sites is 1. The van der Waals surface area contributed by atoms with Crippen LogP contribution < -0.4 is 15.2 Å². The average Bonchev–Trinajstić information content (AvgIpc) is 3.71. The van der Waals surface area contributed by atoms with Gasteiger partial charge in [0.15, 0.2) is 0 Å². The van der Waals surface area contributed by atoms with Gasteiger partial charge >= 0.3 is 12.6 Å². The maximum atomic E-state index is 12.3.